The summed E-state index contributed by atoms with van der Waals surface area (Å²) in [5, 5.41) is 0. The highest BCUT2D eigenvalue weighted by atomic mass is 15.1. The van der Waals surface area contributed by atoms with Crippen molar-refractivity contribution in [1.82, 2.24) is 4.98 Å². The molecule has 0 atom stereocenters. The molecule has 0 unspecified atom stereocenters. The fourth-order valence-corrected chi connectivity index (χ4v) is 1.43. The van der Waals surface area contributed by atoms with Gasteiger partial charge in [0.1, 0.15) is 0 Å². The molecule has 1 heterocycles. The van der Waals surface area contributed by atoms with E-state index in [9.17, 15) is 0 Å². The fourth-order valence-electron chi connectivity index (χ4n) is 1.43. The van der Waals surface area contributed by atoms with Gasteiger partial charge in [-0.15, -0.1) is 0 Å². The summed E-state index contributed by atoms with van der Waals surface area (Å²) < 4.78 is 0. The summed E-state index contributed by atoms with van der Waals surface area (Å²) in [5.74, 6) is 0. The summed E-state index contributed by atoms with van der Waals surface area (Å²) in [6.45, 7) is 0. The normalized spacial score (nSPS) is 10.0. The highest BCUT2D eigenvalue weighted by Gasteiger charge is 1.98. The second-order valence-electron chi connectivity index (χ2n) is 3.60. The van der Waals surface area contributed by atoms with Crippen LogP contribution in [0.15, 0.2) is 42.6 Å². The molecule has 2 aromatic rings. The van der Waals surface area contributed by atoms with Crippen molar-refractivity contribution in [2.75, 3.05) is 19.0 Å². The van der Waals surface area contributed by atoms with Crippen LogP contribution in [-0.2, 0) is 0 Å². The van der Waals surface area contributed by atoms with Gasteiger partial charge in [-0.25, -0.2) is 0 Å². The molecule has 0 saturated carbocycles. The van der Waals surface area contributed by atoms with Gasteiger partial charge in [0.15, 0.2) is 0 Å². The predicted molar refractivity (Wildman–Crippen MR) is 62.8 cm³/mol. The van der Waals surface area contributed by atoms with Crippen molar-refractivity contribution in [2.24, 2.45) is 0 Å². The molecule has 0 fully saturated rings. The van der Waals surface area contributed by atoms with E-state index in [4.69, 9.17) is 0 Å². The van der Waals surface area contributed by atoms with Crippen LogP contribution in [0, 0.1) is 6.20 Å². The zero-order valence-corrected chi connectivity index (χ0v) is 8.94. The number of benzene rings is 1. The van der Waals surface area contributed by atoms with Gasteiger partial charge in [0.25, 0.3) is 0 Å². The molecule has 0 N–H and O–H groups in total. The van der Waals surface area contributed by atoms with E-state index in [2.05, 4.69) is 40.3 Å². The first-order valence-electron chi connectivity index (χ1n) is 4.88. The number of anilines is 1. The van der Waals surface area contributed by atoms with Crippen molar-refractivity contribution >= 4 is 5.69 Å². The molecule has 15 heavy (non-hydrogen) atoms. The molecule has 1 aromatic heterocycles. The molecule has 2 rings (SSSR count). The van der Waals surface area contributed by atoms with Crippen molar-refractivity contribution in [3.8, 4) is 11.1 Å². The Balaban J connectivity index is 2.32. The molecule has 0 aliphatic carbocycles. The fraction of sp³-hybridized carbons (Fsp3) is 0.154. The Morgan fingerprint density at radius 1 is 1.07 bits per heavy atom. The van der Waals surface area contributed by atoms with Crippen LogP contribution in [0.3, 0.4) is 0 Å². The van der Waals surface area contributed by atoms with E-state index in [0.717, 1.165) is 11.1 Å². The number of pyridine rings is 1. The number of hydrogen-bond acceptors (Lipinski definition) is 2. The predicted octanol–water partition coefficient (Wildman–Crippen LogP) is 2.61. The van der Waals surface area contributed by atoms with Crippen LogP contribution in [0.5, 0.6) is 0 Å². The summed E-state index contributed by atoms with van der Waals surface area (Å²) >= 11 is 0. The highest BCUT2D eigenvalue weighted by molar-refractivity contribution is 5.64. The van der Waals surface area contributed by atoms with Gasteiger partial charge >= 0.3 is 0 Å². The lowest BCUT2D eigenvalue weighted by molar-refractivity contribution is 1.13. The van der Waals surface area contributed by atoms with E-state index >= 15 is 0 Å². The van der Waals surface area contributed by atoms with Crippen LogP contribution >= 0.6 is 0 Å². The average molecular weight is 197 g/mol. The second kappa shape index (κ2) is 4.13. The monoisotopic (exact) mass is 197 g/mol. The Morgan fingerprint density at radius 3 is 2.33 bits per heavy atom. The SMILES string of the molecule is CN(C)c1ccc(-c2[c]nccc2)cc1. The molecule has 0 aliphatic heterocycles. The molecule has 0 amide bonds. The molecule has 2 heteroatoms. The molecule has 2 nitrogen and oxygen atoms in total. The van der Waals surface area contributed by atoms with E-state index in [-0.39, 0.29) is 0 Å². The molecular formula is C13H13N2. The third-order valence-electron chi connectivity index (χ3n) is 2.30. The molecule has 0 aliphatic rings. The van der Waals surface area contributed by atoms with E-state index in [0.29, 0.717) is 0 Å². The van der Waals surface area contributed by atoms with Crippen molar-refractivity contribution < 1.29 is 0 Å². The van der Waals surface area contributed by atoms with Gasteiger partial charge in [-0.2, -0.15) is 0 Å². The van der Waals surface area contributed by atoms with Gasteiger partial charge in [0.2, 0.25) is 0 Å². The summed E-state index contributed by atoms with van der Waals surface area (Å²) in [5.41, 5.74) is 3.37. The van der Waals surface area contributed by atoms with E-state index < -0.39 is 0 Å². The van der Waals surface area contributed by atoms with Crippen LogP contribution in [0.1, 0.15) is 0 Å². The van der Waals surface area contributed by atoms with Crippen molar-refractivity contribution in [3.05, 3.63) is 48.8 Å². The van der Waals surface area contributed by atoms with Crippen molar-refractivity contribution in [2.45, 2.75) is 0 Å². The minimum absolute atomic E-state index is 1.03. The van der Waals surface area contributed by atoms with Crippen molar-refractivity contribution in [3.63, 3.8) is 0 Å². The minimum Gasteiger partial charge on any atom is -0.378 e. The lowest BCUT2D eigenvalue weighted by Crippen LogP contribution is -2.07. The van der Waals surface area contributed by atoms with Gasteiger partial charge in [-0.05, 0) is 23.8 Å². The van der Waals surface area contributed by atoms with Crippen LogP contribution < -0.4 is 4.90 Å². The Kier molecular flexibility index (Phi) is 2.68. The van der Waals surface area contributed by atoms with Crippen LogP contribution in [-0.4, -0.2) is 19.1 Å². The first kappa shape index (κ1) is 9.71. The zero-order chi connectivity index (χ0) is 10.7. The maximum absolute atomic E-state index is 3.98. The second-order valence-corrected chi connectivity index (χ2v) is 3.60. The molecule has 0 bridgehead atoms. The van der Waals surface area contributed by atoms with E-state index in [1.165, 1.54) is 5.69 Å². The van der Waals surface area contributed by atoms with Gasteiger partial charge in [-0.3, -0.25) is 4.98 Å². The zero-order valence-electron chi connectivity index (χ0n) is 8.94. The van der Waals surface area contributed by atoms with Crippen LogP contribution in [0.2, 0.25) is 0 Å². The summed E-state index contributed by atoms with van der Waals surface area (Å²) in [6.07, 6.45) is 4.70. The summed E-state index contributed by atoms with van der Waals surface area (Å²) in [7, 11) is 4.07. The topological polar surface area (TPSA) is 16.1 Å². The van der Waals surface area contributed by atoms with Gasteiger partial charge in [-0.1, -0.05) is 18.2 Å². The largest absolute Gasteiger partial charge is 0.378 e. The van der Waals surface area contributed by atoms with Crippen LogP contribution in [0.4, 0.5) is 5.69 Å². The quantitative estimate of drug-likeness (QED) is 0.735. The first-order valence-corrected chi connectivity index (χ1v) is 4.88. The van der Waals surface area contributed by atoms with Gasteiger partial charge < -0.3 is 4.90 Å². The Bertz CT molecular complexity index is 418. The standard InChI is InChI=1S/C13H13N2/c1-15(2)13-7-5-11(6-8-13)12-4-3-9-14-10-12/h3-9H,1-2H3. The number of rotatable bonds is 2. The number of hydrogen-bond donors (Lipinski definition) is 0. The Morgan fingerprint density at radius 2 is 1.80 bits per heavy atom. The molecule has 1 radical (unpaired) electrons. The lowest BCUT2D eigenvalue weighted by Gasteiger charge is -2.12. The Labute approximate surface area is 90.2 Å². The Hall–Kier alpha value is -1.83. The molecule has 1 aromatic carbocycles. The molecular weight excluding hydrogens is 184 g/mol. The molecule has 0 saturated heterocycles. The van der Waals surface area contributed by atoms with E-state index in [1.807, 2.05) is 26.2 Å². The highest BCUT2D eigenvalue weighted by Crippen LogP contribution is 2.20. The molecule has 75 valence electrons. The summed E-state index contributed by atoms with van der Waals surface area (Å²) in [6, 6.07) is 12.3. The summed E-state index contributed by atoms with van der Waals surface area (Å²) in [4.78, 5) is 6.06. The lowest BCUT2D eigenvalue weighted by atomic mass is 10.1. The van der Waals surface area contributed by atoms with E-state index in [1.54, 1.807) is 6.20 Å². The van der Waals surface area contributed by atoms with Crippen LogP contribution in [0.25, 0.3) is 11.1 Å². The number of aromatic nitrogens is 1. The van der Waals surface area contributed by atoms with Gasteiger partial charge in [0.05, 0.1) is 6.20 Å². The maximum Gasteiger partial charge on any atom is 0.0970 e. The smallest absolute Gasteiger partial charge is 0.0970 e. The maximum atomic E-state index is 3.98. The average Bonchev–Trinajstić information content (AvgIpc) is 2.30. The third-order valence-corrected chi connectivity index (χ3v) is 2.30. The third kappa shape index (κ3) is 2.15. The first-order chi connectivity index (χ1) is 7.27. The minimum atomic E-state index is 1.03. The van der Waals surface area contributed by atoms with Crippen molar-refractivity contribution in [1.29, 1.82) is 0 Å². The van der Waals surface area contributed by atoms with Gasteiger partial charge in [0, 0.05) is 31.5 Å². The molecule has 0 spiro atoms. The number of nitrogens with zero attached hydrogens (tertiary/aromatic N) is 2.